The molecule has 1 saturated heterocycles. The van der Waals surface area contributed by atoms with Crippen LogP contribution in [0.25, 0.3) is 10.9 Å². The van der Waals surface area contributed by atoms with Gasteiger partial charge in [0.15, 0.2) is 5.78 Å². The van der Waals surface area contributed by atoms with Crippen LogP contribution in [0.5, 0.6) is 0 Å². The number of carbonyl (C=O) groups is 20. The van der Waals surface area contributed by atoms with Crippen molar-refractivity contribution in [2.45, 2.75) is 209 Å². The molecule has 636 valence electrons. The molecule has 116 heavy (non-hydrogen) atoms. The average Bonchev–Trinajstić information content (AvgIpc) is 1.59. The second-order valence-electron chi connectivity index (χ2n) is 27.5. The Labute approximate surface area is 664 Å². The Morgan fingerprint density at radius 3 is 1.70 bits per heavy atom. The van der Waals surface area contributed by atoms with Crippen molar-refractivity contribution in [3.63, 3.8) is 0 Å². The number of benzene rings is 2. The third-order valence-corrected chi connectivity index (χ3v) is 18.1. The van der Waals surface area contributed by atoms with Gasteiger partial charge < -0.3 is 121 Å². The normalized spacial score (nSPS) is 21.1. The van der Waals surface area contributed by atoms with Gasteiger partial charge in [0.25, 0.3) is 0 Å². The number of amides is 14. The van der Waals surface area contributed by atoms with E-state index in [9.17, 15) is 121 Å². The Bertz CT molecular complexity index is 4060. The fourth-order valence-corrected chi connectivity index (χ4v) is 11.9. The van der Waals surface area contributed by atoms with Gasteiger partial charge in [-0.3, -0.25) is 91.1 Å². The number of carboxylic acid groups (broad SMARTS) is 4. The number of hydrogen-bond acceptors (Lipinski definition) is 24. The summed E-state index contributed by atoms with van der Waals surface area (Å²) in [6.45, 7) is 1.17. The van der Waals surface area contributed by atoms with Crippen LogP contribution in [0, 0.1) is 5.92 Å². The molecule has 2 heterocycles. The van der Waals surface area contributed by atoms with Crippen molar-refractivity contribution in [1.29, 1.82) is 0 Å². The van der Waals surface area contributed by atoms with Crippen LogP contribution in [0.15, 0.2) is 54.7 Å². The van der Waals surface area contributed by atoms with Crippen LogP contribution >= 0.6 is 0 Å². The summed E-state index contributed by atoms with van der Waals surface area (Å²) in [4.78, 5) is 277. The van der Waals surface area contributed by atoms with Crippen molar-refractivity contribution in [3.8, 4) is 0 Å². The number of aromatic amines is 1. The van der Waals surface area contributed by atoms with Crippen LogP contribution in [0.1, 0.15) is 146 Å². The Balaban J connectivity index is 1.89. The number of esters is 1. The Hall–Kier alpha value is -12.7. The van der Waals surface area contributed by atoms with Crippen molar-refractivity contribution in [2.75, 3.05) is 38.6 Å². The van der Waals surface area contributed by atoms with Crippen molar-refractivity contribution < 1.29 is 126 Å². The molecule has 14 amide bonds. The summed E-state index contributed by atoms with van der Waals surface area (Å²) in [5, 5.41) is 81.7. The summed E-state index contributed by atoms with van der Waals surface area (Å²) in [5.74, 6) is -29.5. The number of rotatable bonds is 36. The minimum absolute atomic E-state index is 0.0164. The summed E-state index contributed by atoms with van der Waals surface area (Å²) in [6, 6.07) is -10.0. The van der Waals surface area contributed by atoms with E-state index in [0.29, 0.717) is 29.3 Å². The second-order valence-corrected chi connectivity index (χ2v) is 27.5. The first-order valence-corrected chi connectivity index (χ1v) is 37.3. The molecule has 43 nitrogen and oxygen atoms in total. The maximum absolute atomic E-state index is 14.9. The molecule has 13 atom stereocenters. The highest BCUT2D eigenvalue weighted by molar-refractivity contribution is 6.05. The number of aliphatic hydroxyl groups is 1. The Morgan fingerprint density at radius 1 is 0.552 bits per heavy atom. The van der Waals surface area contributed by atoms with Gasteiger partial charge >= 0.3 is 29.8 Å². The number of primary amides is 1. The smallest absolute Gasteiger partial charge is 0.329 e. The first kappa shape index (κ1) is 95.7. The van der Waals surface area contributed by atoms with Crippen molar-refractivity contribution in [3.05, 3.63) is 65.9 Å². The van der Waals surface area contributed by atoms with Crippen LogP contribution in [-0.2, 0) is 102 Å². The maximum atomic E-state index is 14.9. The summed E-state index contributed by atoms with van der Waals surface area (Å²) in [6.07, 6.45) is -2.23. The van der Waals surface area contributed by atoms with E-state index in [1.54, 1.807) is 30.5 Å². The number of nitrogens with one attached hydrogen (secondary N) is 15. The number of para-hydroxylation sites is 2. The number of aliphatic hydroxyl groups excluding tert-OH is 1. The molecule has 2 aromatic carbocycles. The number of Topliss-reactive ketones (excluding diaryl/α,β-unsaturated/α-hetero) is 1. The lowest BCUT2D eigenvalue weighted by molar-refractivity contribution is -0.156. The SMILES string of the molecule is CCCCCCCCCC(=O)N[C@@H](Cc1c[nH]c2ccccc12)C(=O)N[C@@H](CC(N)=O)C(=O)N[C@@H](CC(=O)O)C(=O)N[C@@H]1C(=O)NCC(=O)N[C@@H](CCCN)C(=O)N[C@@H](CC(=O)O)C(=O)N[C@H](C)C(=O)N[C@@H](CC(=O)O)C(=O)NCC(=O)N[C@H](CO)C(=O)N[C@@H]([C@H](C)CC(=O)O)C(=O)N[C@@H](CC(=O)c2ccccc2NC)C(=O)O[C@@H]1C. The van der Waals surface area contributed by atoms with Crippen molar-refractivity contribution in [2.24, 2.45) is 17.4 Å². The average molecular weight is 1630 g/mol. The number of ether oxygens (including phenoxy) is 1. The van der Waals surface area contributed by atoms with E-state index in [2.05, 4.69) is 70.4 Å². The van der Waals surface area contributed by atoms with E-state index in [4.69, 9.17) is 16.2 Å². The van der Waals surface area contributed by atoms with Gasteiger partial charge in [0.05, 0.1) is 51.8 Å². The number of fused-ring (bicyclic) bond motifs is 1. The van der Waals surface area contributed by atoms with Crippen LogP contribution in [0.4, 0.5) is 5.69 Å². The van der Waals surface area contributed by atoms with E-state index >= 15 is 0 Å². The number of carboxylic acids is 4. The van der Waals surface area contributed by atoms with Gasteiger partial charge in [-0.25, -0.2) is 4.79 Å². The Morgan fingerprint density at radius 2 is 1.09 bits per heavy atom. The number of H-pyrrole nitrogens is 1. The fraction of sp³-hybridized carbons (Fsp3) is 0.534. The van der Waals surface area contributed by atoms with Crippen LogP contribution in [0.3, 0.4) is 0 Å². The van der Waals surface area contributed by atoms with E-state index in [1.165, 1.54) is 31.3 Å². The van der Waals surface area contributed by atoms with E-state index in [1.807, 2.05) is 16.0 Å². The third-order valence-electron chi connectivity index (χ3n) is 18.1. The number of anilines is 1. The van der Waals surface area contributed by atoms with Crippen molar-refractivity contribution in [1.82, 2.24) is 74.1 Å². The maximum Gasteiger partial charge on any atom is 0.329 e. The molecule has 0 unspecified atom stereocenters. The summed E-state index contributed by atoms with van der Waals surface area (Å²) >= 11 is 0. The lowest BCUT2D eigenvalue weighted by atomic mass is 9.95. The molecule has 4 rings (SSSR count). The number of unbranched alkanes of at least 4 members (excludes halogenated alkanes) is 6. The second kappa shape index (κ2) is 48.4. The van der Waals surface area contributed by atoms with Crippen LogP contribution in [0.2, 0.25) is 0 Å². The summed E-state index contributed by atoms with van der Waals surface area (Å²) in [7, 11) is 1.41. The molecule has 43 heteroatoms. The van der Waals surface area contributed by atoms with Gasteiger partial charge in [-0.15, -0.1) is 0 Å². The van der Waals surface area contributed by atoms with Gasteiger partial charge in [-0.1, -0.05) is 82.7 Å². The molecular weight excluding hydrogens is 1530 g/mol. The molecule has 0 saturated carbocycles. The largest absolute Gasteiger partial charge is 0.481 e. The van der Waals surface area contributed by atoms with E-state index < -0.39 is 255 Å². The zero-order valence-electron chi connectivity index (χ0n) is 64.5. The number of cyclic esters (lactones) is 1. The number of carbonyl (C=O) groups excluding carboxylic acids is 16. The van der Waals surface area contributed by atoms with Gasteiger partial charge in [0, 0.05) is 54.7 Å². The molecule has 0 bridgehead atoms. The van der Waals surface area contributed by atoms with E-state index in [-0.39, 0.29) is 43.5 Å². The topological polar surface area (TPSA) is 688 Å². The number of nitrogens with two attached hydrogens (primary N) is 2. The molecule has 1 fully saturated rings. The molecule has 24 N–H and O–H groups in total. The lowest BCUT2D eigenvalue weighted by Gasteiger charge is -2.30. The number of aliphatic carboxylic acids is 4. The summed E-state index contributed by atoms with van der Waals surface area (Å²) in [5.41, 5.74) is 12.5. The predicted molar refractivity (Wildman–Crippen MR) is 405 cm³/mol. The highest BCUT2D eigenvalue weighted by Crippen LogP contribution is 2.22. The monoisotopic (exact) mass is 1630 g/mol. The molecule has 3 aromatic rings. The van der Waals surface area contributed by atoms with E-state index in [0.717, 1.165) is 52.9 Å². The summed E-state index contributed by atoms with van der Waals surface area (Å²) < 4.78 is 5.72. The van der Waals surface area contributed by atoms with Gasteiger partial charge in [-0.2, -0.15) is 0 Å². The minimum Gasteiger partial charge on any atom is -0.481 e. The molecule has 1 aliphatic rings. The molecule has 1 aromatic heterocycles. The molecular formula is C73H103N17O26. The quantitative estimate of drug-likeness (QED) is 0.0147. The number of hydrogen-bond donors (Lipinski definition) is 22. The molecule has 1 aliphatic heterocycles. The number of ketones is 1. The predicted octanol–water partition coefficient (Wildman–Crippen LogP) is -5.16. The fourth-order valence-electron chi connectivity index (χ4n) is 11.9. The standard InChI is InChI=1S/C73H103N17O26/c1-6-7-8-9-10-11-12-23-54(94)82-45(26-39-32-77-43-21-16-13-18-40(39)43)67(109)85-46(28-53(75)93)68(110)87-49(31-60(103)104)69(111)90-62-38(4)116-73(115)50(27-52(92)41-19-14-15-20-42(41)76-5)88-72(114)61(36(2)25-57(97)98)89-70(112)51(35-91)83-56(96)33-78-64(106)47(29-58(99)100)84-63(105)37(3)80-66(108)48(30-59(101)102)86-65(107)44(22-17-24-74)81-55(95)34-79-71(62)113/h13-16,18-21,32,36-38,44-51,61-62,76-77,91H,6-12,17,22-31,33-35,74H2,1-5H3,(H2,75,93)(H,78,106)(H,79,113)(H,80,108)(H,81,95)(H,82,94)(H,83,96)(H,84,105)(H,85,109)(H,86,107)(H,87,110)(H,88,114)(H,89,112)(H,90,111)(H,97,98)(H,99,100)(H,101,102)(H,103,104)/t36-,37-,38-,44+,45+,46+,47+,48+,49+,50+,51-,61+,62+/m1/s1. The van der Waals surface area contributed by atoms with Gasteiger partial charge in [0.1, 0.15) is 72.6 Å². The zero-order valence-corrected chi connectivity index (χ0v) is 64.5. The first-order chi connectivity index (χ1) is 54.9. The zero-order chi connectivity index (χ0) is 86.5. The first-order valence-electron chi connectivity index (χ1n) is 37.3. The molecule has 0 spiro atoms. The van der Waals surface area contributed by atoms with Crippen LogP contribution < -0.4 is 85.9 Å². The number of aromatic nitrogens is 1. The van der Waals surface area contributed by atoms with Gasteiger partial charge in [0.2, 0.25) is 82.7 Å². The Kier molecular flexibility index (Phi) is 39.9. The third kappa shape index (κ3) is 32.4. The van der Waals surface area contributed by atoms with Gasteiger partial charge in [-0.05, 0) is 69.3 Å². The van der Waals surface area contributed by atoms with Crippen molar-refractivity contribution >= 4 is 135 Å². The minimum atomic E-state index is -2.44. The highest BCUT2D eigenvalue weighted by atomic mass is 16.5. The lowest BCUT2D eigenvalue weighted by Crippen LogP contribution is -2.62. The molecule has 0 aliphatic carbocycles. The molecule has 0 radical (unpaired) electrons. The van der Waals surface area contributed by atoms with Crippen LogP contribution in [-0.4, -0.2) is 255 Å². The highest BCUT2D eigenvalue weighted by Gasteiger charge is 2.41.